The summed E-state index contributed by atoms with van der Waals surface area (Å²) >= 11 is 3.12. The Morgan fingerprint density at radius 1 is 1.33 bits per heavy atom. The average Bonchev–Trinajstić information content (AvgIpc) is 2.34. The Morgan fingerprint density at radius 2 is 1.86 bits per heavy atom. The molecule has 0 bridgehead atoms. The van der Waals surface area contributed by atoms with Crippen LogP contribution in [0.3, 0.4) is 0 Å². The highest BCUT2D eigenvalue weighted by Gasteiger charge is 2.39. The summed E-state index contributed by atoms with van der Waals surface area (Å²) < 4.78 is 37.6. The smallest absolute Gasteiger partial charge is 0.314 e. The van der Waals surface area contributed by atoms with Crippen molar-refractivity contribution < 1.29 is 22.9 Å². The Morgan fingerprint density at radius 3 is 2.24 bits per heavy atom. The van der Waals surface area contributed by atoms with Crippen molar-refractivity contribution in [2.75, 3.05) is 11.9 Å². The van der Waals surface area contributed by atoms with Gasteiger partial charge in [0.25, 0.3) is 5.69 Å². The molecule has 0 aliphatic carbocycles. The summed E-state index contributed by atoms with van der Waals surface area (Å²) in [7, 11) is 1.30. The minimum absolute atomic E-state index is 0.0783. The lowest BCUT2D eigenvalue weighted by atomic mass is 10.1. The summed E-state index contributed by atoms with van der Waals surface area (Å²) in [5.41, 5.74) is -2.52. The fourth-order valence-corrected chi connectivity index (χ4v) is 1.90. The predicted molar refractivity (Wildman–Crippen MR) is 74.5 cm³/mol. The molecule has 0 heterocycles. The first-order valence-electron chi connectivity index (χ1n) is 5.68. The maximum Gasteiger partial charge on any atom is 0.423 e. The fourth-order valence-electron chi connectivity index (χ4n) is 1.63. The summed E-state index contributed by atoms with van der Waals surface area (Å²) in [6.07, 6.45) is -4.88. The molecule has 116 valence electrons. The Bertz CT molecular complexity index is 582. The number of alkyl halides is 4. The number of nitro benzene ring substituents is 1. The second kappa shape index (κ2) is 5.63. The van der Waals surface area contributed by atoms with Gasteiger partial charge in [-0.2, -0.15) is 13.2 Å². The summed E-state index contributed by atoms with van der Waals surface area (Å²) in [5, 5.41) is 10.7. The van der Waals surface area contributed by atoms with Crippen LogP contribution in [0.2, 0.25) is 0 Å². The Hall–Kier alpha value is -1.64. The molecule has 0 unspecified atom stereocenters. The minimum atomic E-state index is -4.88. The van der Waals surface area contributed by atoms with Crippen molar-refractivity contribution in [2.45, 2.75) is 24.3 Å². The molecular formula is C12H12BrF3N2O3. The second-order valence-electron chi connectivity index (χ2n) is 4.79. The molecule has 0 spiro atoms. The number of carbonyl (C=O) groups excluding carboxylic acids is 1. The van der Waals surface area contributed by atoms with E-state index in [2.05, 4.69) is 15.9 Å². The molecule has 0 fully saturated rings. The van der Waals surface area contributed by atoms with Gasteiger partial charge in [0.05, 0.1) is 9.25 Å². The van der Waals surface area contributed by atoms with Gasteiger partial charge in [0, 0.05) is 18.8 Å². The molecule has 0 aliphatic rings. The molecule has 1 aromatic carbocycles. The molecule has 0 aromatic heterocycles. The van der Waals surface area contributed by atoms with Gasteiger partial charge in [-0.25, -0.2) is 0 Å². The topological polar surface area (TPSA) is 63.5 Å². The first-order valence-corrected chi connectivity index (χ1v) is 6.47. The summed E-state index contributed by atoms with van der Waals surface area (Å²) in [6, 6.07) is 2.43. The zero-order chi connectivity index (χ0) is 16.6. The van der Waals surface area contributed by atoms with Crippen LogP contribution in [-0.2, 0) is 11.0 Å². The van der Waals surface area contributed by atoms with E-state index in [4.69, 9.17) is 0 Å². The Balaban J connectivity index is 3.36. The number of amides is 1. The quantitative estimate of drug-likeness (QED) is 0.463. The minimum Gasteiger partial charge on any atom is -0.314 e. The summed E-state index contributed by atoms with van der Waals surface area (Å²) in [5.74, 6) is -0.482. The van der Waals surface area contributed by atoms with E-state index in [0.717, 1.165) is 17.0 Å². The van der Waals surface area contributed by atoms with Crippen molar-refractivity contribution in [1.82, 2.24) is 0 Å². The van der Waals surface area contributed by atoms with Gasteiger partial charge in [-0.1, -0.05) is 15.9 Å². The van der Waals surface area contributed by atoms with Gasteiger partial charge in [-0.05, 0) is 26.0 Å². The van der Waals surface area contributed by atoms with Crippen LogP contribution < -0.4 is 4.90 Å². The lowest BCUT2D eigenvalue weighted by Gasteiger charge is -2.25. The van der Waals surface area contributed by atoms with Crippen LogP contribution in [-0.4, -0.2) is 22.2 Å². The number of benzene rings is 1. The number of rotatable bonds is 3. The Labute approximate surface area is 127 Å². The first-order chi connectivity index (χ1) is 9.35. The number of hydrogen-bond donors (Lipinski definition) is 0. The zero-order valence-electron chi connectivity index (χ0n) is 11.4. The van der Waals surface area contributed by atoms with Crippen LogP contribution >= 0.6 is 15.9 Å². The lowest BCUT2D eigenvalue weighted by molar-refractivity contribution is -0.388. The van der Waals surface area contributed by atoms with E-state index in [1.54, 1.807) is 13.8 Å². The number of hydrogen-bond acceptors (Lipinski definition) is 3. The van der Waals surface area contributed by atoms with Gasteiger partial charge >= 0.3 is 6.18 Å². The Kier molecular flexibility index (Phi) is 4.66. The average molecular weight is 369 g/mol. The van der Waals surface area contributed by atoms with Gasteiger partial charge in [0.2, 0.25) is 5.91 Å². The van der Waals surface area contributed by atoms with Crippen molar-refractivity contribution in [3.05, 3.63) is 33.9 Å². The highest BCUT2D eigenvalue weighted by molar-refractivity contribution is 9.10. The fraction of sp³-hybridized carbons (Fsp3) is 0.417. The molecule has 0 atom stereocenters. The number of nitro groups is 1. The largest absolute Gasteiger partial charge is 0.423 e. The maximum atomic E-state index is 12.9. The van der Waals surface area contributed by atoms with Crippen LogP contribution in [0.5, 0.6) is 0 Å². The van der Waals surface area contributed by atoms with E-state index < -0.39 is 32.6 Å². The highest BCUT2D eigenvalue weighted by atomic mass is 79.9. The zero-order valence-corrected chi connectivity index (χ0v) is 12.9. The third-order valence-electron chi connectivity index (χ3n) is 2.68. The van der Waals surface area contributed by atoms with Crippen LogP contribution in [0.25, 0.3) is 0 Å². The monoisotopic (exact) mass is 368 g/mol. The van der Waals surface area contributed by atoms with Gasteiger partial charge in [-0.3, -0.25) is 14.9 Å². The van der Waals surface area contributed by atoms with Crippen molar-refractivity contribution >= 4 is 33.2 Å². The van der Waals surface area contributed by atoms with Crippen molar-refractivity contribution in [2.24, 2.45) is 0 Å². The second-order valence-corrected chi connectivity index (χ2v) is 6.78. The van der Waals surface area contributed by atoms with Crippen molar-refractivity contribution in [1.29, 1.82) is 0 Å². The third-order valence-corrected chi connectivity index (χ3v) is 3.02. The van der Waals surface area contributed by atoms with E-state index in [0.29, 0.717) is 6.07 Å². The number of anilines is 1. The molecule has 0 N–H and O–H groups in total. The molecule has 1 amide bonds. The summed E-state index contributed by atoms with van der Waals surface area (Å²) in [4.78, 5) is 22.6. The molecule has 5 nitrogen and oxygen atoms in total. The molecule has 1 rings (SSSR count). The SMILES string of the molecule is CN(C(=O)C(C)(C)Br)c1ccc([N+](=O)[O-])c(C(F)(F)F)c1. The van der Waals surface area contributed by atoms with Crippen LogP contribution in [0, 0.1) is 10.1 Å². The molecule has 0 saturated heterocycles. The molecule has 0 saturated carbocycles. The normalized spacial score (nSPS) is 12.1. The van der Waals surface area contributed by atoms with Crippen LogP contribution in [0.15, 0.2) is 18.2 Å². The first kappa shape index (κ1) is 17.4. The van der Waals surface area contributed by atoms with Crippen molar-refractivity contribution in [3.63, 3.8) is 0 Å². The summed E-state index contributed by atoms with van der Waals surface area (Å²) in [6.45, 7) is 3.09. The highest BCUT2D eigenvalue weighted by Crippen LogP contribution is 2.38. The third kappa shape index (κ3) is 3.93. The van der Waals surface area contributed by atoms with Gasteiger partial charge < -0.3 is 4.90 Å². The van der Waals surface area contributed by atoms with E-state index in [-0.39, 0.29) is 5.69 Å². The lowest BCUT2D eigenvalue weighted by Crippen LogP contribution is -2.39. The molecular weight excluding hydrogens is 357 g/mol. The number of carbonyl (C=O) groups is 1. The standard InChI is InChI=1S/C12H12BrF3N2O3/c1-11(2,13)10(19)17(3)7-4-5-9(18(20)21)8(6-7)12(14,15)16/h4-6H,1-3H3. The van der Waals surface area contributed by atoms with E-state index in [9.17, 15) is 28.1 Å². The van der Waals surface area contributed by atoms with Crippen LogP contribution in [0.1, 0.15) is 19.4 Å². The molecule has 0 radical (unpaired) electrons. The van der Waals surface area contributed by atoms with Gasteiger partial charge in [0.1, 0.15) is 5.56 Å². The number of halogens is 4. The molecule has 1 aromatic rings. The van der Waals surface area contributed by atoms with Gasteiger partial charge in [0.15, 0.2) is 0 Å². The van der Waals surface area contributed by atoms with E-state index >= 15 is 0 Å². The van der Waals surface area contributed by atoms with E-state index in [1.807, 2.05) is 0 Å². The predicted octanol–water partition coefficient (Wildman–Crippen LogP) is 3.75. The number of nitrogens with zero attached hydrogens (tertiary/aromatic N) is 2. The maximum absolute atomic E-state index is 12.9. The van der Waals surface area contributed by atoms with E-state index in [1.165, 1.54) is 7.05 Å². The van der Waals surface area contributed by atoms with Crippen molar-refractivity contribution in [3.8, 4) is 0 Å². The van der Waals surface area contributed by atoms with Gasteiger partial charge in [-0.15, -0.1) is 0 Å². The molecule has 9 heteroatoms. The molecule has 21 heavy (non-hydrogen) atoms. The van der Waals surface area contributed by atoms with Crippen LogP contribution in [0.4, 0.5) is 24.5 Å². The molecule has 0 aliphatic heterocycles.